The van der Waals surface area contributed by atoms with Crippen molar-refractivity contribution in [3.63, 3.8) is 0 Å². The molecule has 0 saturated heterocycles. The van der Waals surface area contributed by atoms with Crippen LogP contribution in [-0.4, -0.2) is 16.2 Å². The number of rotatable bonds is 5. The van der Waals surface area contributed by atoms with Gasteiger partial charge in [0.15, 0.2) is 5.82 Å². The molecular formula is C13H15F2N3O. The van der Waals surface area contributed by atoms with Gasteiger partial charge in [0.1, 0.15) is 11.6 Å². The van der Waals surface area contributed by atoms with Crippen molar-refractivity contribution in [1.29, 1.82) is 0 Å². The zero-order valence-electron chi connectivity index (χ0n) is 10.8. The number of halogens is 2. The minimum atomic E-state index is -0.611. The summed E-state index contributed by atoms with van der Waals surface area (Å²) in [6.07, 6.45) is 0.236. The van der Waals surface area contributed by atoms with E-state index in [0.29, 0.717) is 29.9 Å². The van der Waals surface area contributed by atoms with Crippen LogP contribution in [-0.2, 0) is 13.0 Å². The van der Waals surface area contributed by atoms with Gasteiger partial charge >= 0.3 is 0 Å². The molecule has 6 heteroatoms. The van der Waals surface area contributed by atoms with Crippen molar-refractivity contribution in [2.24, 2.45) is 0 Å². The van der Waals surface area contributed by atoms with Crippen LogP contribution in [0.1, 0.15) is 31.1 Å². The zero-order valence-corrected chi connectivity index (χ0v) is 10.8. The lowest BCUT2D eigenvalue weighted by molar-refractivity contribution is 0.358. The molecule has 2 aromatic rings. The lowest BCUT2D eigenvalue weighted by Gasteiger charge is -2.02. The number of nitrogens with zero attached hydrogens (tertiary/aromatic N) is 2. The third-order valence-electron chi connectivity index (χ3n) is 2.46. The summed E-state index contributed by atoms with van der Waals surface area (Å²) in [5, 5.41) is 6.92. The molecule has 0 atom stereocenters. The first-order valence-corrected chi connectivity index (χ1v) is 6.03. The number of aromatic nitrogens is 2. The molecule has 0 saturated carbocycles. The third-order valence-corrected chi connectivity index (χ3v) is 2.46. The third kappa shape index (κ3) is 4.10. The summed E-state index contributed by atoms with van der Waals surface area (Å²) in [6, 6.07) is 3.65. The van der Waals surface area contributed by atoms with Gasteiger partial charge in [0.25, 0.3) is 0 Å². The second-order valence-corrected chi connectivity index (χ2v) is 4.59. The van der Waals surface area contributed by atoms with Crippen molar-refractivity contribution in [3.8, 4) is 0 Å². The predicted molar refractivity (Wildman–Crippen MR) is 65.4 cm³/mol. The normalized spacial score (nSPS) is 11.2. The van der Waals surface area contributed by atoms with Crippen LogP contribution in [0.3, 0.4) is 0 Å². The Labute approximate surface area is 109 Å². The molecule has 0 aliphatic rings. The van der Waals surface area contributed by atoms with Gasteiger partial charge in [-0.1, -0.05) is 19.0 Å². The molecular weight excluding hydrogens is 252 g/mol. The van der Waals surface area contributed by atoms with Crippen molar-refractivity contribution < 1.29 is 13.3 Å². The standard InChI is InChI=1S/C13H15F2N3O/c1-8(2)16-7-13-17-12(18-19-13)5-9-3-10(14)6-11(15)4-9/h3-4,6,8,16H,5,7H2,1-2H3. The molecule has 0 aliphatic heterocycles. The van der Waals surface area contributed by atoms with Gasteiger partial charge in [-0.3, -0.25) is 0 Å². The maximum atomic E-state index is 13.0. The molecule has 1 N–H and O–H groups in total. The highest BCUT2D eigenvalue weighted by atomic mass is 19.1. The Kier molecular flexibility index (Phi) is 4.21. The number of nitrogens with one attached hydrogen (secondary N) is 1. The first-order valence-electron chi connectivity index (χ1n) is 6.03. The fourth-order valence-corrected chi connectivity index (χ4v) is 1.62. The average molecular weight is 267 g/mol. The highest BCUT2D eigenvalue weighted by Gasteiger charge is 2.09. The lowest BCUT2D eigenvalue weighted by atomic mass is 10.1. The van der Waals surface area contributed by atoms with Gasteiger partial charge < -0.3 is 9.84 Å². The predicted octanol–water partition coefficient (Wildman–Crippen LogP) is 2.44. The quantitative estimate of drug-likeness (QED) is 0.904. The van der Waals surface area contributed by atoms with Gasteiger partial charge in [0, 0.05) is 18.5 Å². The van der Waals surface area contributed by atoms with E-state index in [1.165, 1.54) is 12.1 Å². The van der Waals surface area contributed by atoms with Gasteiger partial charge in [-0.15, -0.1) is 0 Å². The first kappa shape index (κ1) is 13.6. The van der Waals surface area contributed by atoms with Gasteiger partial charge in [-0.05, 0) is 17.7 Å². The molecule has 0 fully saturated rings. The number of hydrogen-bond acceptors (Lipinski definition) is 4. The van der Waals surface area contributed by atoms with Gasteiger partial charge in [-0.25, -0.2) is 8.78 Å². The van der Waals surface area contributed by atoms with Crippen LogP contribution >= 0.6 is 0 Å². The molecule has 4 nitrogen and oxygen atoms in total. The molecule has 0 unspecified atom stereocenters. The number of hydrogen-bond donors (Lipinski definition) is 1. The first-order chi connectivity index (χ1) is 9.02. The smallest absolute Gasteiger partial charge is 0.240 e. The Morgan fingerprint density at radius 2 is 1.89 bits per heavy atom. The van der Waals surface area contributed by atoms with Crippen LogP contribution in [0.5, 0.6) is 0 Å². The summed E-state index contributed by atoms with van der Waals surface area (Å²) in [5.41, 5.74) is 0.474. The van der Waals surface area contributed by atoms with Crippen LogP contribution in [0.2, 0.25) is 0 Å². The summed E-state index contributed by atoms with van der Waals surface area (Å²) < 4.78 is 31.1. The molecule has 1 heterocycles. The molecule has 19 heavy (non-hydrogen) atoms. The van der Waals surface area contributed by atoms with Crippen molar-refractivity contribution in [2.45, 2.75) is 32.9 Å². The Hall–Kier alpha value is -1.82. The van der Waals surface area contributed by atoms with Crippen LogP contribution in [0.25, 0.3) is 0 Å². The average Bonchev–Trinajstić information content (AvgIpc) is 2.72. The van der Waals surface area contributed by atoms with Crippen LogP contribution in [0.15, 0.2) is 22.7 Å². The van der Waals surface area contributed by atoms with Crippen LogP contribution in [0, 0.1) is 11.6 Å². The highest BCUT2D eigenvalue weighted by Crippen LogP contribution is 2.11. The summed E-state index contributed by atoms with van der Waals surface area (Å²) in [6.45, 7) is 4.49. The van der Waals surface area contributed by atoms with Crippen molar-refractivity contribution in [3.05, 3.63) is 47.1 Å². The van der Waals surface area contributed by atoms with E-state index in [9.17, 15) is 8.78 Å². The molecule has 0 aliphatic carbocycles. The molecule has 1 aromatic carbocycles. The van der Waals surface area contributed by atoms with Crippen molar-refractivity contribution >= 4 is 0 Å². The molecule has 102 valence electrons. The maximum Gasteiger partial charge on any atom is 0.240 e. The monoisotopic (exact) mass is 267 g/mol. The van der Waals surface area contributed by atoms with Gasteiger partial charge in [-0.2, -0.15) is 4.98 Å². The fourth-order valence-electron chi connectivity index (χ4n) is 1.62. The second-order valence-electron chi connectivity index (χ2n) is 4.59. The summed E-state index contributed by atoms with van der Waals surface area (Å²) in [4.78, 5) is 4.15. The van der Waals surface area contributed by atoms with E-state index in [0.717, 1.165) is 6.07 Å². The molecule has 0 bridgehead atoms. The Bertz CT molecular complexity index is 534. The van der Waals surface area contributed by atoms with E-state index in [-0.39, 0.29) is 6.42 Å². The van der Waals surface area contributed by atoms with E-state index < -0.39 is 11.6 Å². The SMILES string of the molecule is CC(C)NCc1nc(Cc2cc(F)cc(F)c2)no1. The lowest BCUT2D eigenvalue weighted by Crippen LogP contribution is -2.21. The van der Waals surface area contributed by atoms with E-state index in [1.54, 1.807) is 0 Å². The topological polar surface area (TPSA) is 51.0 Å². The van der Waals surface area contributed by atoms with Crippen LogP contribution in [0.4, 0.5) is 8.78 Å². The summed E-state index contributed by atoms with van der Waals surface area (Å²) in [7, 11) is 0. The largest absolute Gasteiger partial charge is 0.338 e. The van der Waals surface area contributed by atoms with Crippen molar-refractivity contribution in [1.82, 2.24) is 15.5 Å². The maximum absolute atomic E-state index is 13.0. The Morgan fingerprint density at radius 3 is 2.53 bits per heavy atom. The second kappa shape index (κ2) is 5.88. The summed E-state index contributed by atoms with van der Waals surface area (Å²) >= 11 is 0. The van der Waals surface area contributed by atoms with E-state index in [1.807, 2.05) is 13.8 Å². The van der Waals surface area contributed by atoms with E-state index >= 15 is 0 Å². The minimum Gasteiger partial charge on any atom is -0.338 e. The van der Waals surface area contributed by atoms with Crippen LogP contribution < -0.4 is 5.32 Å². The molecule has 1 aromatic heterocycles. The highest BCUT2D eigenvalue weighted by molar-refractivity contribution is 5.21. The van der Waals surface area contributed by atoms with Crippen molar-refractivity contribution in [2.75, 3.05) is 0 Å². The molecule has 0 amide bonds. The fraction of sp³-hybridized carbons (Fsp3) is 0.385. The molecule has 2 rings (SSSR count). The zero-order chi connectivity index (χ0) is 13.8. The van der Waals surface area contributed by atoms with Gasteiger partial charge in [0.05, 0.1) is 6.54 Å². The molecule has 0 spiro atoms. The van der Waals surface area contributed by atoms with E-state index in [2.05, 4.69) is 15.5 Å². The van der Waals surface area contributed by atoms with Gasteiger partial charge in [0.2, 0.25) is 5.89 Å². The van der Waals surface area contributed by atoms with E-state index in [4.69, 9.17) is 4.52 Å². The number of benzene rings is 1. The summed E-state index contributed by atoms with van der Waals surface area (Å²) in [5.74, 6) is -0.355. The molecule has 0 radical (unpaired) electrons. The Morgan fingerprint density at radius 1 is 1.21 bits per heavy atom. The Balaban J connectivity index is 2.03. The minimum absolute atomic E-state index is 0.236.